The number of aromatic nitrogens is 2. The molecule has 1 heterocycles. The molecule has 0 bridgehead atoms. The average molecular weight is 487 g/mol. The second-order valence-corrected chi connectivity index (χ2v) is 8.89. The fourth-order valence-electron chi connectivity index (χ4n) is 4.50. The van der Waals surface area contributed by atoms with Gasteiger partial charge in [-0.25, -0.2) is 4.98 Å². The number of ether oxygens (including phenoxy) is 1. The molecule has 1 N–H and O–H groups in total. The van der Waals surface area contributed by atoms with Crippen molar-refractivity contribution in [2.45, 2.75) is 51.1 Å². The second kappa shape index (κ2) is 11.6. The van der Waals surface area contributed by atoms with Gasteiger partial charge in [0.2, 0.25) is 5.91 Å². The number of anilines is 1. The Balaban J connectivity index is 1.80. The monoisotopic (exact) mass is 486 g/mol. The highest BCUT2D eigenvalue weighted by Crippen LogP contribution is 2.31. The van der Waals surface area contributed by atoms with Crippen molar-refractivity contribution in [3.8, 4) is 5.75 Å². The summed E-state index contributed by atoms with van der Waals surface area (Å²) < 4.78 is 5.30. The van der Waals surface area contributed by atoms with E-state index in [4.69, 9.17) is 4.74 Å². The molecular weight excluding hydrogens is 456 g/mol. The van der Waals surface area contributed by atoms with Gasteiger partial charge in [-0.05, 0) is 61.7 Å². The van der Waals surface area contributed by atoms with Crippen molar-refractivity contribution in [1.82, 2.24) is 15.3 Å². The van der Waals surface area contributed by atoms with Crippen molar-refractivity contribution in [2.75, 3.05) is 12.0 Å². The van der Waals surface area contributed by atoms with E-state index in [2.05, 4.69) is 15.3 Å². The number of nitrogens with zero attached hydrogens (tertiary/aromatic N) is 3. The molecule has 0 saturated heterocycles. The summed E-state index contributed by atoms with van der Waals surface area (Å²) in [7, 11) is 1.57. The smallest absolute Gasteiger partial charge is 0.279 e. The molecule has 0 radical (unpaired) electrons. The lowest BCUT2D eigenvalue weighted by atomic mass is 9.94. The summed E-state index contributed by atoms with van der Waals surface area (Å²) in [6, 6.07) is 12.8. The number of nitrogens with one attached hydrogen (secondary N) is 1. The molecule has 2 aromatic carbocycles. The van der Waals surface area contributed by atoms with Crippen LogP contribution in [0.25, 0.3) is 0 Å². The van der Waals surface area contributed by atoms with Crippen LogP contribution in [0.2, 0.25) is 0 Å². The largest absolute Gasteiger partial charge is 0.497 e. The van der Waals surface area contributed by atoms with Crippen LogP contribution in [0.3, 0.4) is 0 Å². The average Bonchev–Trinajstić information content (AvgIpc) is 2.92. The Kier molecular flexibility index (Phi) is 8.05. The number of amides is 2. The first kappa shape index (κ1) is 25.0. The van der Waals surface area contributed by atoms with Crippen molar-refractivity contribution in [1.29, 1.82) is 0 Å². The van der Waals surface area contributed by atoms with Gasteiger partial charge in [-0.1, -0.05) is 31.4 Å². The summed E-state index contributed by atoms with van der Waals surface area (Å²) in [6.45, 7) is 1.48. The third kappa shape index (κ3) is 5.76. The van der Waals surface area contributed by atoms with Crippen LogP contribution in [0.1, 0.15) is 71.5 Å². The van der Waals surface area contributed by atoms with E-state index >= 15 is 0 Å². The number of carbonyl (C=O) groups excluding carboxylic acids is 3. The van der Waals surface area contributed by atoms with E-state index in [1.807, 2.05) is 0 Å². The minimum absolute atomic E-state index is 0.0561. The third-order valence-corrected chi connectivity index (χ3v) is 6.44. The molecule has 1 aliphatic rings. The number of hydrogen-bond donors (Lipinski definition) is 1. The second-order valence-electron chi connectivity index (χ2n) is 8.89. The van der Waals surface area contributed by atoms with E-state index in [9.17, 15) is 14.4 Å². The zero-order valence-corrected chi connectivity index (χ0v) is 20.5. The van der Waals surface area contributed by atoms with E-state index in [1.54, 1.807) is 55.6 Å². The molecule has 0 unspecified atom stereocenters. The van der Waals surface area contributed by atoms with Gasteiger partial charge in [0.1, 0.15) is 17.5 Å². The lowest BCUT2D eigenvalue weighted by Crippen LogP contribution is -2.47. The van der Waals surface area contributed by atoms with Crippen molar-refractivity contribution in [3.05, 3.63) is 83.9 Å². The van der Waals surface area contributed by atoms with Crippen LogP contribution in [0.4, 0.5) is 5.69 Å². The predicted octanol–water partition coefficient (Wildman–Crippen LogP) is 4.52. The van der Waals surface area contributed by atoms with Crippen molar-refractivity contribution >= 4 is 23.3 Å². The summed E-state index contributed by atoms with van der Waals surface area (Å²) in [6.07, 6.45) is 9.41. The molecule has 1 aliphatic carbocycles. The highest BCUT2D eigenvalue weighted by molar-refractivity contribution is 6.09. The standard InChI is InChI=1S/C28H30N4O4/c1-19(33)20-8-12-23(13-9-20)32(28(35)25-18-29-16-17-30-25)26(21-10-14-24(36-2)15-11-21)27(34)31-22-6-4-3-5-7-22/h8-18,22,26H,3-7H2,1-2H3,(H,31,34)/t26-/m0/s1. The van der Waals surface area contributed by atoms with Gasteiger partial charge in [-0.15, -0.1) is 0 Å². The topological polar surface area (TPSA) is 101 Å². The van der Waals surface area contributed by atoms with E-state index in [1.165, 1.54) is 30.4 Å². The Morgan fingerprint density at radius 3 is 2.25 bits per heavy atom. The number of ketones is 1. The Morgan fingerprint density at radius 2 is 1.67 bits per heavy atom. The van der Waals surface area contributed by atoms with Crippen LogP contribution in [0.5, 0.6) is 5.75 Å². The minimum atomic E-state index is -0.976. The predicted molar refractivity (Wildman–Crippen MR) is 136 cm³/mol. The van der Waals surface area contributed by atoms with Crippen LogP contribution < -0.4 is 15.0 Å². The first-order valence-electron chi connectivity index (χ1n) is 12.1. The normalized spacial score (nSPS) is 14.5. The Morgan fingerprint density at radius 1 is 0.972 bits per heavy atom. The fraction of sp³-hybridized carbons (Fsp3) is 0.321. The summed E-state index contributed by atoms with van der Waals surface area (Å²) in [5, 5.41) is 3.18. The molecule has 3 aromatic rings. The van der Waals surface area contributed by atoms with Gasteiger partial charge in [-0.3, -0.25) is 24.3 Å². The fourth-order valence-corrected chi connectivity index (χ4v) is 4.50. The molecule has 36 heavy (non-hydrogen) atoms. The molecule has 0 aliphatic heterocycles. The lowest BCUT2D eigenvalue weighted by Gasteiger charge is -2.33. The highest BCUT2D eigenvalue weighted by Gasteiger charge is 2.35. The van der Waals surface area contributed by atoms with Crippen LogP contribution in [0, 0.1) is 0 Å². The molecule has 1 atom stereocenters. The number of Topliss-reactive ketones (excluding diaryl/α,β-unsaturated/α-hetero) is 1. The molecule has 2 amide bonds. The number of carbonyl (C=O) groups is 3. The van der Waals surface area contributed by atoms with E-state index in [-0.39, 0.29) is 23.4 Å². The molecule has 1 aromatic heterocycles. The van der Waals surface area contributed by atoms with E-state index in [0.717, 1.165) is 32.1 Å². The van der Waals surface area contributed by atoms with Gasteiger partial charge in [0, 0.05) is 29.7 Å². The van der Waals surface area contributed by atoms with Crippen LogP contribution >= 0.6 is 0 Å². The summed E-state index contributed by atoms with van der Waals surface area (Å²) in [5.74, 6) is -0.198. The Labute approximate surface area is 210 Å². The first-order chi connectivity index (χ1) is 17.5. The van der Waals surface area contributed by atoms with Crippen LogP contribution in [0.15, 0.2) is 67.1 Å². The van der Waals surface area contributed by atoms with Gasteiger partial charge < -0.3 is 10.1 Å². The highest BCUT2D eigenvalue weighted by atomic mass is 16.5. The number of methoxy groups -OCH3 is 1. The number of rotatable bonds is 8. The molecule has 4 rings (SSSR count). The van der Waals surface area contributed by atoms with Gasteiger partial charge >= 0.3 is 0 Å². The number of benzene rings is 2. The minimum Gasteiger partial charge on any atom is -0.497 e. The molecule has 1 fully saturated rings. The summed E-state index contributed by atoms with van der Waals surface area (Å²) in [5.41, 5.74) is 1.71. The van der Waals surface area contributed by atoms with Gasteiger partial charge in [-0.2, -0.15) is 0 Å². The number of hydrogen-bond acceptors (Lipinski definition) is 6. The zero-order chi connectivity index (χ0) is 25.5. The van der Waals surface area contributed by atoms with Gasteiger partial charge in [0.15, 0.2) is 5.78 Å². The molecule has 1 saturated carbocycles. The quantitative estimate of drug-likeness (QED) is 0.470. The Bertz CT molecular complexity index is 1190. The SMILES string of the molecule is COc1ccc([C@@H](C(=O)NC2CCCCC2)N(C(=O)c2cnccn2)c2ccc(C(C)=O)cc2)cc1. The molecule has 0 spiro atoms. The van der Waals surface area contributed by atoms with Gasteiger partial charge in [0.05, 0.1) is 13.3 Å². The first-order valence-corrected chi connectivity index (χ1v) is 12.1. The van der Waals surface area contributed by atoms with Crippen LogP contribution in [-0.2, 0) is 4.79 Å². The Hall–Kier alpha value is -4.07. The van der Waals surface area contributed by atoms with Crippen molar-refractivity contribution < 1.29 is 19.1 Å². The lowest BCUT2D eigenvalue weighted by molar-refractivity contribution is -0.123. The zero-order valence-electron chi connectivity index (χ0n) is 20.5. The molecular formula is C28H30N4O4. The van der Waals surface area contributed by atoms with Crippen molar-refractivity contribution in [3.63, 3.8) is 0 Å². The van der Waals surface area contributed by atoms with Gasteiger partial charge in [0.25, 0.3) is 5.91 Å². The van der Waals surface area contributed by atoms with Crippen molar-refractivity contribution in [2.24, 2.45) is 0 Å². The molecule has 186 valence electrons. The third-order valence-electron chi connectivity index (χ3n) is 6.44. The maximum absolute atomic E-state index is 13.9. The van der Waals surface area contributed by atoms with E-state index < -0.39 is 11.9 Å². The molecule has 8 heteroatoms. The summed E-state index contributed by atoms with van der Waals surface area (Å²) in [4.78, 5) is 49.2. The summed E-state index contributed by atoms with van der Waals surface area (Å²) >= 11 is 0. The maximum Gasteiger partial charge on any atom is 0.279 e. The molecule has 8 nitrogen and oxygen atoms in total. The van der Waals surface area contributed by atoms with E-state index in [0.29, 0.717) is 22.6 Å². The maximum atomic E-state index is 13.9. The van der Waals surface area contributed by atoms with Crippen LogP contribution in [-0.4, -0.2) is 40.7 Å².